The number of aryl methyl sites for hydroxylation is 2. The molecule has 1 N–H and O–H groups in total. The molecule has 2 aromatic heterocycles. The summed E-state index contributed by atoms with van der Waals surface area (Å²) in [6, 6.07) is 7.36. The van der Waals surface area contributed by atoms with Gasteiger partial charge in [-0.2, -0.15) is 5.10 Å². The monoisotopic (exact) mass is 284 g/mol. The largest absolute Gasteiger partial charge is 0.322 e. The predicted octanol–water partition coefficient (Wildman–Crippen LogP) is 2.67. The van der Waals surface area contributed by atoms with Gasteiger partial charge in [0.15, 0.2) is 5.65 Å². The average Bonchev–Trinajstić information content (AvgIpc) is 2.76. The van der Waals surface area contributed by atoms with Crippen LogP contribution in [0.5, 0.6) is 0 Å². The third-order valence-electron chi connectivity index (χ3n) is 3.23. The number of anilines is 1. The number of nitrogens with one attached hydrogen (secondary N) is 1. The Labute approximate surface area is 120 Å². The van der Waals surface area contributed by atoms with E-state index in [1.54, 1.807) is 17.8 Å². The Morgan fingerprint density at radius 1 is 1.29 bits per heavy atom. The van der Waals surface area contributed by atoms with Crippen LogP contribution in [0.15, 0.2) is 36.5 Å². The van der Waals surface area contributed by atoms with Gasteiger partial charge < -0.3 is 5.32 Å². The highest BCUT2D eigenvalue weighted by Crippen LogP contribution is 2.17. The number of aromatic nitrogens is 3. The molecule has 0 aliphatic heterocycles. The number of hydrogen-bond acceptors (Lipinski definition) is 3. The summed E-state index contributed by atoms with van der Waals surface area (Å²) in [5, 5.41) is 7.81. The summed E-state index contributed by atoms with van der Waals surface area (Å²) in [6.45, 7) is 1.87. The van der Waals surface area contributed by atoms with Crippen LogP contribution in [0, 0.1) is 12.7 Å². The summed E-state index contributed by atoms with van der Waals surface area (Å²) in [5.41, 5.74) is 2.51. The van der Waals surface area contributed by atoms with Gasteiger partial charge in [0.25, 0.3) is 5.91 Å². The van der Waals surface area contributed by atoms with Gasteiger partial charge >= 0.3 is 0 Å². The lowest BCUT2D eigenvalue weighted by atomic mass is 10.2. The lowest BCUT2D eigenvalue weighted by molar-refractivity contribution is 0.102. The molecule has 0 aliphatic carbocycles. The normalized spacial score (nSPS) is 10.8. The zero-order valence-electron chi connectivity index (χ0n) is 11.6. The maximum Gasteiger partial charge on any atom is 0.257 e. The van der Waals surface area contributed by atoms with Crippen molar-refractivity contribution in [1.82, 2.24) is 14.8 Å². The van der Waals surface area contributed by atoms with Crippen molar-refractivity contribution in [2.45, 2.75) is 6.92 Å². The van der Waals surface area contributed by atoms with Crippen molar-refractivity contribution < 1.29 is 9.18 Å². The van der Waals surface area contributed by atoms with Crippen LogP contribution in [0.4, 0.5) is 10.1 Å². The summed E-state index contributed by atoms with van der Waals surface area (Å²) in [7, 11) is 1.81. The minimum atomic E-state index is -0.345. The summed E-state index contributed by atoms with van der Waals surface area (Å²) in [4.78, 5) is 16.4. The number of halogens is 1. The van der Waals surface area contributed by atoms with Crippen molar-refractivity contribution in [2.75, 3.05) is 5.32 Å². The van der Waals surface area contributed by atoms with Gasteiger partial charge in [-0.15, -0.1) is 0 Å². The molecule has 1 amide bonds. The van der Waals surface area contributed by atoms with Crippen LogP contribution in [0.3, 0.4) is 0 Å². The number of fused-ring (bicyclic) bond motifs is 1. The van der Waals surface area contributed by atoms with Gasteiger partial charge in [-0.05, 0) is 37.3 Å². The lowest BCUT2D eigenvalue weighted by Crippen LogP contribution is -2.12. The number of amides is 1. The van der Waals surface area contributed by atoms with Gasteiger partial charge in [-0.1, -0.05) is 0 Å². The third-order valence-corrected chi connectivity index (χ3v) is 3.23. The van der Waals surface area contributed by atoms with Crippen molar-refractivity contribution >= 4 is 22.6 Å². The van der Waals surface area contributed by atoms with Gasteiger partial charge in [-0.25, -0.2) is 9.37 Å². The second-order valence-electron chi connectivity index (χ2n) is 4.77. The minimum absolute atomic E-state index is 0.292. The molecule has 1 aromatic carbocycles. The van der Waals surface area contributed by atoms with Crippen LogP contribution in [-0.4, -0.2) is 20.7 Å². The molecule has 0 aliphatic rings. The fourth-order valence-corrected chi connectivity index (χ4v) is 2.17. The maximum atomic E-state index is 12.8. The van der Waals surface area contributed by atoms with Crippen LogP contribution in [-0.2, 0) is 7.05 Å². The second-order valence-corrected chi connectivity index (χ2v) is 4.77. The maximum absolute atomic E-state index is 12.8. The summed E-state index contributed by atoms with van der Waals surface area (Å²) in [5.74, 6) is -0.638. The van der Waals surface area contributed by atoms with Crippen LogP contribution in [0.25, 0.3) is 11.0 Å². The highest BCUT2D eigenvalue weighted by molar-refractivity contribution is 6.05. The zero-order chi connectivity index (χ0) is 15.0. The molecule has 3 rings (SSSR count). The van der Waals surface area contributed by atoms with E-state index < -0.39 is 0 Å². The number of carbonyl (C=O) groups is 1. The van der Waals surface area contributed by atoms with Gasteiger partial charge in [-0.3, -0.25) is 9.48 Å². The van der Waals surface area contributed by atoms with Crippen LogP contribution < -0.4 is 5.32 Å². The smallest absolute Gasteiger partial charge is 0.257 e. The molecule has 21 heavy (non-hydrogen) atoms. The predicted molar refractivity (Wildman–Crippen MR) is 77.6 cm³/mol. The Balaban J connectivity index is 1.91. The van der Waals surface area contributed by atoms with Gasteiger partial charge in [0.05, 0.1) is 11.3 Å². The van der Waals surface area contributed by atoms with E-state index in [0.29, 0.717) is 11.3 Å². The van der Waals surface area contributed by atoms with E-state index in [1.165, 1.54) is 30.5 Å². The van der Waals surface area contributed by atoms with Crippen LogP contribution in [0.2, 0.25) is 0 Å². The van der Waals surface area contributed by atoms with Gasteiger partial charge in [0.1, 0.15) is 5.82 Å². The number of benzene rings is 1. The van der Waals surface area contributed by atoms with Gasteiger partial charge in [0, 0.05) is 24.3 Å². The minimum Gasteiger partial charge on any atom is -0.322 e. The fourth-order valence-electron chi connectivity index (χ4n) is 2.17. The molecule has 0 bridgehead atoms. The van der Waals surface area contributed by atoms with Crippen LogP contribution in [0.1, 0.15) is 16.1 Å². The molecule has 0 atom stereocenters. The second kappa shape index (κ2) is 4.97. The Morgan fingerprint density at radius 2 is 2.00 bits per heavy atom. The summed E-state index contributed by atoms with van der Waals surface area (Å²) >= 11 is 0. The topological polar surface area (TPSA) is 59.8 Å². The molecule has 0 unspecified atom stereocenters. The number of nitrogens with zero attached hydrogens (tertiary/aromatic N) is 3. The Kier molecular flexibility index (Phi) is 3.13. The first-order valence-electron chi connectivity index (χ1n) is 6.41. The average molecular weight is 284 g/mol. The first-order chi connectivity index (χ1) is 10.0. The van der Waals surface area contributed by atoms with Crippen molar-refractivity contribution in [3.63, 3.8) is 0 Å². The van der Waals surface area contributed by atoms with E-state index in [2.05, 4.69) is 15.4 Å². The van der Waals surface area contributed by atoms with Gasteiger partial charge in [0.2, 0.25) is 0 Å². The number of carbonyl (C=O) groups excluding carboxylic acids is 1. The Bertz CT molecular complexity index is 824. The number of hydrogen-bond donors (Lipinski definition) is 1. The lowest BCUT2D eigenvalue weighted by Gasteiger charge is -2.05. The molecule has 3 aromatic rings. The van der Waals surface area contributed by atoms with Crippen molar-refractivity contribution in [1.29, 1.82) is 0 Å². The van der Waals surface area contributed by atoms with E-state index >= 15 is 0 Å². The molecule has 0 saturated carbocycles. The highest BCUT2D eigenvalue weighted by Gasteiger charge is 2.12. The Hall–Kier alpha value is -2.76. The molecule has 0 spiro atoms. The molecular formula is C15H13FN4O. The summed E-state index contributed by atoms with van der Waals surface area (Å²) in [6.07, 6.45) is 1.50. The van der Waals surface area contributed by atoms with E-state index in [4.69, 9.17) is 0 Å². The SMILES string of the molecule is Cc1nn(C)c2ncc(C(=O)Nc3ccc(F)cc3)cc12. The number of rotatable bonds is 2. The zero-order valence-corrected chi connectivity index (χ0v) is 11.6. The molecule has 0 saturated heterocycles. The van der Waals surface area contributed by atoms with Crippen molar-refractivity contribution in [2.24, 2.45) is 7.05 Å². The molecule has 0 radical (unpaired) electrons. The van der Waals surface area contributed by atoms with E-state index in [9.17, 15) is 9.18 Å². The fraction of sp³-hybridized carbons (Fsp3) is 0.133. The molecule has 0 fully saturated rings. The van der Waals surface area contributed by atoms with E-state index in [0.717, 1.165) is 16.7 Å². The molecular weight excluding hydrogens is 271 g/mol. The summed E-state index contributed by atoms with van der Waals surface area (Å²) < 4.78 is 14.5. The quantitative estimate of drug-likeness (QED) is 0.787. The highest BCUT2D eigenvalue weighted by atomic mass is 19.1. The standard InChI is InChI=1S/C15H13FN4O/c1-9-13-7-10(8-17-14(13)20(2)19-9)15(21)18-12-5-3-11(16)4-6-12/h3-8H,1-2H3,(H,18,21). The molecule has 2 heterocycles. The van der Waals surface area contributed by atoms with Crippen molar-refractivity contribution in [3.8, 4) is 0 Å². The number of pyridine rings is 1. The molecule has 106 valence electrons. The molecule has 5 nitrogen and oxygen atoms in total. The van der Waals surface area contributed by atoms with E-state index in [-0.39, 0.29) is 11.7 Å². The molecule has 6 heteroatoms. The first kappa shape index (κ1) is 13.2. The van der Waals surface area contributed by atoms with Crippen LogP contribution >= 0.6 is 0 Å². The van der Waals surface area contributed by atoms with Crippen molar-refractivity contribution in [3.05, 3.63) is 53.6 Å². The van der Waals surface area contributed by atoms with E-state index in [1.807, 2.05) is 6.92 Å². The Morgan fingerprint density at radius 3 is 2.71 bits per heavy atom. The third kappa shape index (κ3) is 2.47. The first-order valence-corrected chi connectivity index (χ1v) is 6.41.